The first-order chi connectivity index (χ1) is 10.5. The van der Waals surface area contributed by atoms with E-state index in [-0.39, 0.29) is 18.6 Å². The Kier molecular flexibility index (Phi) is 5.54. The van der Waals surface area contributed by atoms with E-state index in [4.69, 9.17) is 0 Å². The zero-order valence-electron chi connectivity index (χ0n) is 13.1. The number of carboxylic acids is 1. The molecule has 122 valence electrons. The Labute approximate surface area is 130 Å². The molecule has 1 fully saturated rings. The Hall–Kier alpha value is -1.89. The standard InChI is InChI=1S/C15H24N4O3/c1-10(2)14(15(21)22)18-12-7-13(17-9-16-12)19-6-4-3-5-11(19)8-20/h7,9-11,14,20H,3-6,8H2,1-2H3,(H,21,22)(H,16,17,18)/t11?,14-/m1/s1. The fourth-order valence-electron chi connectivity index (χ4n) is 2.75. The van der Waals surface area contributed by atoms with Gasteiger partial charge in [0, 0.05) is 12.6 Å². The lowest BCUT2D eigenvalue weighted by molar-refractivity contribution is -0.138. The van der Waals surface area contributed by atoms with E-state index in [1.165, 1.54) is 6.33 Å². The van der Waals surface area contributed by atoms with E-state index in [0.29, 0.717) is 5.82 Å². The molecule has 0 amide bonds. The van der Waals surface area contributed by atoms with Crippen molar-refractivity contribution in [3.63, 3.8) is 0 Å². The van der Waals surface area contributed by atoms with Gasteiger partial charge in [-0.3, -0.25) is 0 Å². The van der Waals surface area contributed by atoms with Gasteiger partial charge >= 0.3 is 5.97 Å². The topological polar surface area (TPSA) is 98.6 Å². The molecule has 1 aliphatic rings. The van der Waals surface area contributed by atoms with E-state index in [1.54, 1.807) is 6.07 Å². The molecule has 1 aromatic rings. The minimum Gasteiger partial charge on any atom is -0.480 e. The van der Waals surface area contributed by atoms with Crippen molar-refractivity contribution in [3.05, 3.63) is 12.4 Å². The fraction of sp³-hybridized carbons (Fsp3) is 0.667. The van der Waals surface area contributed by atoms with E-state index < -0.39 is 12.0 Å². The number of hydrogen-bond acceptors (Lipinski definition) is 6. The van der Waals surface area contributed by atoms with Gasteiger partial charge in [0.25, 0.3) is 0 Å². The SMILES string of the molecule is CC(C)[C@@H](Nc1cc(N2CCCCC2CO)ncn1)C(=O)O. The lowest BCUT2D eigenvalue weighted by Gasteiger charge is -2.35. The summed E-state index contributed by atoms with van der Waals surface area (Å²) >= 11 is 0. The molecule has 1 unspecified atom stereocenters. The number of anilines is 2. The van der Waals surface area contributed by atoms with Gasteiger partial charge in [-0.2, -0.15) is 0 Å². The summed E-state index contributed by atoms with van der Waals surface area (Å²) in [5.41, 5.74) is 0. The van der Waals surface area contributed by atoms with Crippen molar-refractivity contribution >= 4 is 17.6 Å². The minimum absolute atomic E-state index is 0.0592. The van der Waals surface area contributed by atoms with E-state index in [1.807, 2.05) is 13.8 Å². The van der Waals surface area contributed by atoms with Crippen LogP contribution in [0.2, 0.25) is 0 Å². The number of rotatable bonds is 6. The number of nitrogens with one attached hydrogen (secondary N) is 1. The Morgan fingerprint density at radius 2 is 2.23 bits per heavy atom. The van der Waals surface area contributed by atoms with Crippen molar-refractivity contribution in [2.24, 2.45) is 5.92 Å². The quantitative estimate of drug-likeness (QED) is 0.729. The normalized spacial score (nSPS) is 20.0. The molecule has 1 aromatic heterocycles. The maximum atomic E-state index is 11.3. The Morgan fingerprint density at radius 3 is 2.86 bits per heavy atom. The molecule has 22 heavy (non-hydrogen) atoms. The predicted molar refractivity (Wildman–Crippen MR) is 84.0 cm³/mol. The molecule has 2 rings (SSSR count). The van der Waals surface area contributed by atoms with Crippen LogP contribution in [-0.4, -0.2) is 51.4 Å². The van der Waals surface area contributed by atoms with Crippen molar-refractivity contribution in [1.29, 1.82) is 0 Å². The van der Waals surface area contributed by atoms with Crippen molar-refractivity contribution in [3.8, 4) is 0 Å². The van der Waals surface area contributed by atoms with Gasteiger partial charge in [-0.05, 0) is 25.2 Å². The van der Waals surface area contributed by atoms with E-state index in [2.05, 4.69) is 20.2 Å². The third kappa shape index (κ3) is 3.85. The molecule has 7 heteroatoms. The average Bonchev–Trinajstić information content (AvgIpc) is 2.52. The van der Waals surface area contributed by atoms with Gasteiger partial charge in [0.1, 0.15) is 24.0 Å². The summed E-state index contributed by atoms with van der Waals surface area (Å²) < 4.78 is 0. The minimum atomic E-state index is -0.902. The first-order valence-electron chi connectivity index (χ1n) is 7.71. The molecule has 1 saturated heterocycles. The molecule has 0 saturated carbocycles. The predicted octanol–water partition coefficient (Wildman–Crippen LogP) is 1.35. The molecular formula is C15H24N4O3. The first-order valence-corrected chi connectivity index (χ1v) is 7.71. The van der Waals surface area contributed by atoms with Crippen LogP contribution in [0.1, 0.15) is 33.1 Å². The molecule has 0 aromatic carbocycles. The summed E-state index contributed by atoms with van der Waals surface area (Å²) in [7, 11) is 0. The van der Waals surface area contributed by atoms with Gasteiger partial charge in [0.2, 0.25) is 0 Å². The molecule has 0 bridgehead atoms. The largest absolute Gasteiger partial charge is 0.480 e. The van der Waals surface area contributed by atoms with Gasteiger partial charge in [-0.25, -0.2) is 14.8 Å². The summed E-state index contributed by atoms with van der Waals surface area (Å²) in [6.07, 6.45) is 4.53. The summed E-state index contributed by atoms with van der Waals surface area (Å²) in [5.74, 6) is 0.259. The molecule has 2 atom stereocenters. The second-order valence-corrected chi connectivity index (χ2v) is 5.99. The van der Waals surface area contributed by atoms with Gasteiger partial charge in [-0.1, -0.05) is 13.8 Å². The van der Waals surface area contributed by atoms with Crippen LogP contribution in [0.5, 0.6) is 0 Å². The first kappa shape index (κ1) is 16.5. The second kappa shape index (κ2) is 7.40. The third-order valence-electron chi connectivity index (χ3n) is 4.02. The number of carbonyl (C=O) groups is 1. The smallest absolute Gasteiger partial charge is 0.326 e. The van der Waals surface area contributed by atoms with Crippen LogP contribution in [0.25, 0.3) is 0 Å². The Bertz CT molecular complexity index is 509. The molecule has 0 spiro atoms. The number of hydrogen-bond donors (Lipinski definition) is 3. The maximum absolute atomic E-state index is 11.3. The van der Waals surface area contributed by atoms with Crippen molar-refractivity contribution < 1.29 is 15.0 Å². The summed E-state index contributed by atoms with van der Waals surface area (Å²) in [5, 5.41) is 21.7. The van der Waals surface area contributed by atoms with Crippen LogP contribution in [0, 0.1) is 5.92 Å². The summed E-state index contributed by atoms with van der Waals surface area (Å²) in [6.45, 7) is 4.63. The molecular weight excluding hydrogens is 284 g/mol. The Morgan fingerprint density at radius 1 is 1.45 bits per heavy atom. The third-order valence-corrected chi connectivity index (χ3v) is 4.02. The highest BCUT2D eigenvalue weighted by Gasteiger charge is 2.25. The highest BCUT2D eigenvalue weighted by molar-refractivity contribution is 5.77. The number of aliphatic hydroxyl groups excluding tert-OH is 1. The molecule has 3 N–H and O–H groups in total. The molecule has 0 aliphatic carbocycles. The number of carboxylic acid groups (broad SMARTS) is 1. The summed E-state index contributed by atoms with van der Waals surface area (Å²) in [4.78, 5) is 21.7. The highest BCUT2D eigenvalue weighted by Crippen LogP contribution is 2.24. The van der Waals surface area contributed by atoms with Crippen LogP contribution in [-0.2, 0) is 4.79 Å². The zero-order valence-corrected chi connectivity index (χ0v) is 13.1. The lowest BCUT2D eigenvalue weighted by atomic mass is 10.0. The highest BCUT2D eigenvalue weighted by atomic mass is 16.4. The van der Waals surface area contributed by atoms with Crippen molar-refractivity contribution in [1.82, 2.24) is 9.97 Å². The number of aromatic nitrogens is 2. The van der Waals surface area contributed by atoms with Crippen molar-refractivity contribution in [2.45, 2.75) is 45.2 Å². The Balaban J connectivity index is 2.17. The van der Waals surface area contributed by atoms with E-state index >= 15 is 0 Å². The van der Waals surface area contributed by atoms with Crippen LogP contribution >= 0.6 is 0 Å². The molecule has 0 radical (unpaired) electrons. The van der Waals surface area contributed by atoms with Crippen LogP contribution < -0.4 is 10.2 Å². The maximum Gasteiger partial charge on any atom is 0.326 e. The second-order valence-electron chi connectivity index (χ2n) is 5.99. The monoisotopic (exact) mass is 308 g/mol. The van der Waals surface area contributed by atoms with Crippen LogP contribution in [0.4, 0.5) is 11.6 Å². The van der Waals surface area contributed by atoms with Crippen molar-refractivity contribution in [2.75, 3.05) is 23.4 Å². The molecule has 7 nitrogen and oxygen atoms in total. The van der Waals surface area contributed by atoms with Gasteiger partial charge in [-0.15, -0.1) is 0 Å². The summed E-state index contributed by atoms with van der Waals surface area (Å²) in [6, 6.07) is 1.13. The van der Waals surface area contributed by atoms with E-state index in [0.717, 1.165) is 31.6 Å². The van der Waals surface area contributed by atoms with Crippen LogP contribution in [0.3, 0.4) is 0 Å². The molecule has 1 aliphatic heterocycles. The number of piperidine rings is 1. The van der Waals surface area contributed by atoms with Gasteiger partial charge < -0.3 is 20.4 Å². The average molecular weight is 308 g/mol. The lowest BCUT2D eigenvalue weighted by Crippen LogP contribution is -2.42. The molecule has 2 heterocycles. The van der Waals surface area contributed by atoms with Gasteiger partial charge in [0.05, 0.1) is 12.6 Å². The number of nitrogens with zero attached hydrogens (tertiary/aromatic N) is 3. The van der Waals surface area contributed by atoms with Crippen LogP contribution in [0.15, 0.2) is 12.4 Å². The number of aliphatic hydroxyl groups is 1. The number of aliphatic carboxylic acids is 1. The van der Waals surface area contributed by atoms with Gasteiger partial charge in [0.15, 0.2) is 0 Å². The fourth-order valence-corrected chi connectivity index (χ4v) is 2.75. The zero-order chi connectivity index (χ0) is 16.1. The van der Waals surface area contributed by atoms with E-state index in [9.17, 15) is 15.0 Å².